The zero-order valence-corrected chi connectivity index (χ0v) is 58.2. The lowest BCUT2D eigenvalue weighted by atomic mass is 9.97. The molecule has 0 aliphatic carbocycles. The average Bonchev–Trinajstić information content (AvgIpc) is 0.752. The van der Waals surface area contributed by atoms with Gasteiger partial charge in [0.15, 0.2) is 74.0 Å². The molecule has 0 aromatic heterocycles. The summed E-state index contributed by atoms with van der Waals surface area (Å²) in [6.07, 6.45) is 12.8. The van der Waals surface area contributed by atoms with Crippen LogP contribution in [0.1, 0.15) is 128 Å². The van der Waals surface area contributed by atoms with Gasteiger partial charge in [0.05, 0.1) is 22.3 Å². The zero-order valence-electron chi connectivity index (χ0n) is 54.2. The minimum absolute atomic E-state index is 0.552. The highest BCUT2D eigenvalue weighted by Gasteiger charge is 2.66. The Hall–Kier alpha value is -4.77. The molecule has 0 N–H and O–H groups in total. The molecule has 9 rings (SSSR count). The van der Waals surface area contributed by atoms with Gasteiger partial charge in [0, 0.05) is 121 Å². The van der Waals surface area contributed by atoms with Crippen molar-refractivity contribution in [1.29, 1.82) is 0 Å². The van der Waals surface area contributed by atoms with Gasteiger partial charge in [-0.3, -0.25) is 0 Å². The topological polar surface area (TPSA) is 141 Å². The maximum Gasteiger partial charge on any atom is 0.703 e. The van der Waals surface area contributed by atoms with E-state index in [0.29, 0.717) is 104 Å². The molecule has 2 atom stereocenters. The fourth-order valence-electron chi connectivity index (χ4n) is 12.4. The fourth-order valence-corrected chi connectivity index (χ4v) is 22.4. The van der Waals surface area contributed by atoms with E-state index in [-0.39, 0.29) is 0 Å². The summed E-state index contributed by atoms with van der Waals surface area (Å²) >= 11 is 0. The summed E-state index contributed by atoms with van der Waals surface area (Å²) in [6, 6.07) is 29.8. The van der Waals surface area contributed by atoms with Crippen LogP contribution in [0.2, 0.25) is 37.3 Å². The minimum Gasteiger partial charge on any atom is -0.395 e. The number of fused-ring (bicyclic) bond motifs is 2. The van der Waals surface area contributed by atoms with Gasteiger partial charge in [-0.25, -0.2) is 0 Å². The van der Waals surface area contributed by atoms with E-state index < -0.39 is 46.8 Å². The Labute approximate surface area is 522 Å². The molecule has 18 nitrogen and oxygen atoms in total. The lowest BCUT2D eigenvalue weighted by Gasteiger charge is -2.35. The van der Waals surface area contributed by atoms with Gasteiger partial charge in [0.25, 0.3) is 0 Å². The predicted molar refractivity (Wildman–Crippen MR) is 346 cm³/mol. The van der Waals surface area contributed by atoms with Gasteiger partial charge >= 0.3 is 46.8 Å². The highest BCUT2D eigenvalue weighted by atomic mass is 28.4. The molecular formula is C65H100N4O14Si4+4. The van der Waals surface area contributed by atoms with Crippen molar-refractivity contribution in [3.05, 3.63) is 118 Å². The Morgan fingerprint density at radius 2 is 0.632 bits per heavy atom. The van der Waals surface area contributed by atoms with E-state index in [2.05, 4.69) is 105 Å². The van der Waals surface area contributed by atoms with E-state index in [0.717, 1.165) is 101 Å². The molecule has 5 aliphatic heterocycles. The van der Waals surface area contributed by atoms with E-state index in [1.54, 1.807) is 0 Å². The van der Waals surface area contributed by atoms with Crippen molar-refractivity contribution in [2.45, 2.75) is 151 Å². The van der Waals surface area contributed by atoms with Crippen LogP contribution in [0.15, 0.2) is 84.9 Å². The first-order valence-corrected chi connectivity index (χ1v) is 41.2. The molecule has 0 fully saturated rings. The Balaban J connectivity index is 0.000000226. The molecule has 0 radical (unpaired) electrons. The van der Waals surface area contributed by atoms with E-state index in [1.807, 2.05) is 106 Å². The molecule has 0 saturated carbocycles. The molecule has 0 saturated heterocycles. The number of nitrogens with zero attached hydrogens (tertiary/aromatic N) is 4. The van der Waals surface area contributed by atoms with Gasteiger partial charge in [0.2, 0.25) is 0 Å². The van der Waals surface area contributed by atoms with Crippen LogP contribution in [0.3, 0.4) is 0 Å². The minimum atomic E-state index is -2.81. The summed E-state index contributed by atoms with van der Waals surface area (Å²) < 4.78 is 98.3. The van der Waals surface area contributed by atoms with Gasteiger partial charge in [-0.05, 0) is 131 Å². The van der Waals surface area contributed by atoms with E-state index >= 15 is 0 Å². The van der Waals surface area contributed by atoms with Gasteiger partial charge in [-0.1, -0.05) is 66.8 Å². The van der Waals surface area contributed by atoms with E-state index in [4.69, 9.17) is 63.2 Å². The molecule has 4 aromatic carbocycles. The molecule has 5 heterocycles. The van der Waals surface area contributed by atoms with Crippen molar-refractivity contribution in [3.8, 4) is 23.0 Å². The van der Waals surface area contributed by atoms with E-state index in [1.165, 1.54) is 0 Å². The Morgan fingerprint density at radius 1 is 0.345 bits per heavy atom. The van der Waals surface area contributed by atoms with Gasteiger partial charge in [-0.15, -0.1) is 0 Å². The summed E-state index contributed by atoms with van der Waals surface area (Å²) in [5.74, 6) is 3.32. The molecule has 22 heteroatoms. The maximum absolute atomic E-state index is 7.05. The third kappa shape index (κ3) is 16.2. The molecule has 476 valence electrons. The first-order chi connectivity index (χ1) is 42.2. The highest BCUT2D eigenvalue weighted by Crippen LogP contribution is 2.43. The molecule has 2 unspecified atom stereocenters. The van der Waals surface area contributed by atoms with Crippen molar-refractivity contribution in [1.82, 2.24) is 0 Å². The van der Waals surface area contributed by atoms with Crippen LogP contribution in [0, 0.1) is 0 Å². The van der Waals surface area contributed by atoms with Crippen LogP contribution in [-0.4, -0.2) is 182 Å². The molecule has 4 aromatic rings. The number of para-hydroxylation sites is 4. The summed E-state index contributed by atoms with van der Waals surface area (Å²) in [6.45, 7) is 33.1. The third-order valence-corrected chi connectivity index (χ3v) is 28.3. The van der Waals surface area contributed by atoms with Crippen LogP contribution in [-0.2, 0) is 50.7 Å². The summed E-state index contributed by atoms with van der Waals surface area (Å²) in [5, 5.41) is 0. The predicted octanol–water partition coefficient (Wildman–Crippen LogP) is 11.1. The summed E-state index contributed by atoms with van der Waals surface area (Å²) in [5.41, 5.74) is 6.46. The van der Waals surface area contributed by atoms with Crippen LogP contribution in [0.4, 0.5) is 0 Å². The highest BCUT2D eigenvalue weighted by molar-refractivity contribution is 6.66. The number of hydrogen-bond acceptors (Lipinski definition) is 14. The molecule has 5 aliphatic rings. The third-order valence-electron chi connectivity index (χ3n) is 15.9. The molecule has 87 heavy (non-hydrogen) atoms. The Kier molecular flexibility index (Phi) is 24.9. The van der Waals surface area contributed by atoms with Crippen molar-refractivity contribution >= 4 is 59.6 Å². The quantitative estimate of drug-likeness (QED) is 0.0315. The molecule has 2 spiro atoms. The number of ether oxygens (including phenoxy) is 4. The fraction of sp³-hybridized carbons (Fsp3) is 0.569. The van der Waals surface area contributed by atoms with Crippen LogP contribution in [0.25, 0.3) is 0 Å². The van der Waals surface area contributed by atoms with Gasteiger partial charge in [0.1, 0.15) is 0 Å². The van der Waals surface area contributed by atoms with E-state index in [9.17, 15) is 0 Å². The Bertz CT molecular complexity index is 2970. The molecule has 3 bridgehead atoms. The number of benzene rings is 4. The van der Waals surface area contributed by atoms with Crippen molar-refractivity contribution in [2.24, 2.45) is 0 Å². The molecule has 0 amide bonds. The van der Waals surface area contributed by atoms with Gasteiger partial charge < -0.3 is 63.2 Å². The second-order valence-corrected chi connectivity index (χ2v) is 34.3. The number of hydrogen-bond donors (Lipinski definition) is 0. The number of rotatable bonds is 36. The van der Waals surface area contributed by atoms with Crippen molar-refractivity contribution in [2.75, 3.05) is 92.2 Å². The largest absolute Gasteiger partial charge is 0.703 e. The monoisotopic (exact) mass is 1270 g/mol. The summed E-state index contributed by atoms with van der Waals surface area (Å²) in [4.78, 5) is 0. The van der Waals surface area contributed by atoms with Crippen LogP contribution < -0.4 is 18.9 Å². The van der Waals surface area contributed by atoms with Crippen LogP contribution in [0.5, 0.6) is 23.0 Å². The maximum atomic E-state index is 7.05. The smallest absolute Gasteiger partial charge is 0.395 e. The van der Waals surface area contributed by atoms with Crippen molar-refractivity contribution in [3.63, 3.8) is 0 Å². The second kappa shape index (κ2) is 31.8. The average molecular weight is 1270 g/mol. The first kappa shape index (κ1) is 68.1. The SMILES string of the molecule is CCO[Si](C)(CCC[N+]1=Cc2cccc3c2OC12Oc1c(cccc1C3)C=[N+]2CCC[Si](OCC)(OCC)OCC)OCC.CCO[Si](C)(CCC[N+]1=Cc2ccccc2OC12Oc1ccccc1C=[N+]2CCC[Si](OCC)(OCC)OCC)OCC. The zero-order chi connectivity index (χ0) is 62.0. The lowest BCUT2D eigenvalue weighted by Crippen LogP contribution is -2.65. The lowest BCUT2D eigenvalue weighted by molar-refractivity contribution is -0.909. The first-order valence-electron chi connectivity index (χ1n) is 32.2. The Morgan fingerprint density at radius 3 is 0.966 bits per heavy atom. The normalized spacial score (nSPS) is 18.2. The standard InChI is InChI=1S/C33H50N2O7Si2.C32H50N2O7Si2/c1-7-36-43(6,37-8-2)22-14-20-34-25-29-18-12-16-27-24-28-17-13-19-30-26-35(33(34,41-31(27)29)42-32(28)30)21-15-23-44(38-9-3,39-10-4)40-11-5;1-7-35-42(6,36-8-2)24-16-22-33-26-28-18-12-14-20-30(28)40-32(33)34(27-29-19-13-15-21-31(29)41-32)23-17-25-43(37-9-3,38-10-4)39-11-5/h12-13,16-19,25-26H,7-11,14-15,20-24H2,1-6H3;12-15,18-21,26-27H,7-11,16-17,22-25H2,1-6H3/q2*+2. The van der Waals surface area contributed by atoms with Crippen molar-refractivity contribution < 1.29 is 81.5 Å². The molecular weight excluding hydrogens is 1170 g/mol. The summed E-state index contributed by atoms with van der Waals surface area (Å²) in [7, 11) is -10.2. The van der Waals surface area contributed by atoms with Gasteiger partial charge in [-0.2, -0.15) is 0 Å². The second-order valence-electron chi connectivity index (χ2n) is 22.1. The van der Waals surface area contributed by atoms with Crippen LogP contribution >= 0.6 is 0 Å².